The first kappa shape index (κ1) is 14.2. The second kappa shape index (κ2) is 6.82. The Kier molecular flexibility index (Phi) is 5.10. The largest absolute Gasteiger partial charge is 0.449 e. The molecule has 1 aromatic rings. The third-order valence-electron chi connectivity index (χ3n) is 2.57. The van der Waals surface area contributed by atoms with Crippen LogP contribution in [0.2, 0.25) is 5.02 Å². The molecule has 4 nitrogen and oxygen atoms in total. The standard InChI is InChI=1S/C13H15ClN2O2S/c1-2-18-13(17)16-8-7-15-12(16)19-9-10-3-5-11(14)6-4-10/h3-6H,2,7-9H2,1H3. The molecule has 1 heterocycles. The highest BCUT2D eigenvalue weighted by Crippen LogP contribution is 2.21. The Bertz CT molecular complexity index is 476. The summed E-state index contributed by atoms with van der Waals surface area (Å²) in [5.41, 5.74) is 1.15. The number of hydrogen-bond donors (Lipinski definition) is 0. The van der Waals surface area contributed by atoms with E-state index in [0.717, 1.165) is 21.5 Å². The molecule has 0 N–H and O–H groups in total. The number of halogens is 1. The Hall–Kier alpha value is -1.20. The summed E-state index contributed by atoms with van der Waals surface area (Å²) in [6.45, 7) is 3.42. The van der Waals surface area contributed by atoms with E-state index in [1.165, 1.54) is 11.8 Å². The van der Waals surface area contributed by atoms with Crippen molar-refractivity contribution in [2.45, 2.75) is 12.7 Å². The molecule has 0 spiro atoms. The van der Waals surface area contributed by atoms with E-state index in [-0.39, 0.29) is 6.09 Å². The lowest BCUT2D eigenvalue weighted by Gasteiger charge is -2.16. The molecule has 0 unspecified atom stereocenters. The predicted octanol–water partition coefficient (Wildman–Crippen LogP) is 3.40. The zero-order valence-electron chi connectivity index (χ0n) is 10.6. The molecule has 0 fully saturated rings. The van der Waals surface area contributed by atoms with Crippen LogP contribution < -0.4 is 0 Å². The Morgan fingerprint density at radius 2 is 2.21 bits per heavy atom. The van der Waals surface area contributed by atoms with Gasteiger partial charge in [0, 0.05) is 10.8 Å². The van der Waals surface area contributed by atoms with Gasteiger partial charge in [0.1, 0.15) is 0 Å². The summed E-state index contributed by atoms with van der Waals surface area (Å²) in [4.78, 5) is 17.6. The van der Waals surface area contributed by atoms with Crippen LogP contribution in [0.1, 0.15) is 12.5 Å². The number of carbonyl (C=O) groups excluding carboxylic acids is 1. The molecule has 0 saturated heterocycles. The Morgan fingerprint density at radius 3 is 2.89 bits per heavy atom. The number of thioether (sulfide) groups is 1. The van der Waals surface area contributed by atoms with Gasteiger partial charge in [0.05, 0.1) is 19.7 Å². The van der Waals surface area contributed by atoms with Gasteiger partial charge in [-0.25, -0.2) is 4.79 Å². The van der Waals surface area contributed by atoms with Gasteiger partial charge in [0.15, 0.2) is 5.17 Å². The summed E-state index contributed by atoms with van der Waals surface area (Å²) >= 11 is 7.38. The van der Waals surface area contributed by atoms with Crippen molar-refractivity contribution in [3.05, 3.63) is 34.9 Å². The van der Waals surface area contributed by atoms with Crippen LogP contribution in [0.3, 0.4) is 0 Å². The summed E-state index contributed by atoms with van der Waals surface area (Å²) in [7, 11) is 0. The number of nitrogens with zero attached hydrogens (tertiary/aromatic N) is 2. The highest BCUT2D eigenvalue weighted by molar-refractivity contribution is 8.13. The SMILES string of the molecule is CCOC(=O)N1CCN=C1SCc1ccc(Cl)cc1. The number of aliphatic imine (C=N–C) groups is 1. The molecule has 0 aliphatic carbocycles. The van der Waals surface area contributed by atoms with Crippen LogP contribution in [0.25, 0.3) is 0 Å². The molecule has 1 amide bonds. The van der Waals surface area contributed by atoms with Crippen LogP contribution in [-0.4, -0.2) is 35.9 Å². The summed E-state index contributed by atoms with van der Waals surface area (Å²) < 4.78 is 5.00. The van der Waals surface area contributed by atoms with Crippen LogP contribution in [0.5, 0.6) is 0 Å². The van der Waals surface area contributed by atoms with Crippen molar-refractivity contribution in [1.82, 2.24) is 4.90 Å². The fraction of sp³-hybridized carbons (Fsp3) is 0.385. The normalized spacial score (nSPS) is 14.4. The highest BCUT2D eigenvalue weighted by Gasteiger charge is 2.24. The minimum Gasteiger partial charge on any atom is -0.449 e. The second-order valence-corrected chi connectivity index (χ2v) is 5.31. The van der Waals surface area contributed by atoms with Gasteiger partial charge in [0.25, 0.3) is 0 Å². The highest BCUT2D eigenvalue weighted by atomic mass is 35.5. The lowest BCUT2D eigenvalue weighted by atomic mass is 10.2. The average molecular weight is 299 g/mol. The molecule has 102 valence electrons. The Balaban J connectivity index is 1.91. The number of hydrogen-bond acceptors (Lipinski definition) is 4. The van der Waals surface area contributed by atoms with Gasteiger partial charge >= 0.3 is 6.09 Å². The fourth-order valence-corrected chi connectivity index (χ4v) is 2.77. The van der Waals surface area contributed by atoms with Crippen LogP contribution in [0.4, 0.5) is 4.79 Å². The molecule has 6 heteroatoms. The van der Waals surface area contributed by atoms with E-state index in [2.05, 4.69) is 4.99 Å². The molecular weight excluding hydrogens is 284 g/mol. The van der Waals surface area contributed by atoms with Gasteiger partial charge in [-0.3, -0.25) is 9.89 Å². The first-order chi connectivity index (χ1) is 9.20. The van der Waals surface area contributed by atoms with Gasteiger partial charge in [-0.15, -0.1) is 0 Å². The van der Waals surface area contributed by atoms with Gasteiger partial charge < -0.3 is 4.74 Å². The minimum absolute atomic E-state index is 0.317. The molecule has 2 rings (SSSR count). The summed E-state index contributed by atoms with van der Waals surface area (Å²) in [6.07, 6.45) is -0.317. The van der Waals surface area contributed by atoms with Crippen LogP contribution in [-0.2, 0) is 10.5 Å². The number of carbonyl (C=O) groups is 1. The van der Waals surface area contributed by atoms with E-state index in [1.54, 1.807) is 11.8 Å². The molecule has 1 aliphatic rings. The van der Waals surface area contributed by atoms with Crippen molar-refractivity contribution in [2.75, 3.05) is 19.7 Å². The molecule has 0 bridgehead atoms. The van der Waals surface area contributed by atoms with Crippen molar-refractivity contribution in [2.24, 2.45) is 4.99 Å². The summed E-state index contributed by atoms with van der Waals surface area (Å²) in [6, 6.07) is 7.66. The van der Waals surface area contributed by atoms with Crippen LogP contribution in [0, 0.1) is 0 Å². The van der Waals surface area contributed by atoms with Crippen LogP contribution >= 0.6 is 23.4 Å². The number of amidine groups is 1. The molecule has 1 aromatic carbocycles. The smallest absolute Gasteiger partial charge is 0.415 e. The minimum atomic E-state index is -0.317. The topological polar surface area (TPSA) is 41.9 Å². The van der Waals surface area contributed by atoms with E-state index in [4.69, 9.17) is 16.3 Å². The Labute approximate surface area is 121 Å². The first-order valence-electron chi connectivity index (χ1n) is 6.06. The maximum Gasteiger partial charge on any atom is 0.415 e. The van der Waals surface area contributed by atoms with Crippen molar-refractivity contribution in [3.63, 3.8) is 0 Å². The molecule has 19 heavy (non-hydrogen) atoms. The van der Waals surface area contributed by atoms with Gasteiger partial charge in [-0.1, -0.05) is 35.5 Å². The third kappa shape index (κ3) is 3.88. The molecular formula is C13H15ClN2O2S. The molecule has 0 radical (unpaired) electrons. The monoisotopic (exact) mass is 298 g/mol. The van der Waals surface area contributed by atoms with Crippen LogP contribution in [0.15, 0.2) is 29.3 Å². The quantitative estimate of drug-likeness (QED) is 0.859. The number of amides is 1. The molecule has 0 aromatic heterocycles. The number of ether oxygens (including phenoxy) is 1. The van der Waals surface area contributed by atoms with E-state index >= 15 is 0 Å². The average Bonchev–Trinajstić information content (AvgIpc) is 2.87. The van der Waals surface area contributed by atoms with E-state index in [1.807, 2.05) is 24.3 Å². The van der Waals surface area contributed by atoms with E-state index in [9.17, 15) is 4.79 Å². The van der Waals surface area contributed by atoms with E-state index < -0.39 is 0 Å². The van der Waals surface area contributed by atoms with Gasteiger partial charge in [0.2, 0.25) is 0 Å². The van der Waals surface area contributed by atoms with Gasteiger partial charge in [-0.05, 0) is 24.6 Å². The third-order valence-corrected chi connectivity index (χ3v) is 3.91. The van der Waals surface area contributed by atoms with Crippen molar-refractivity contribution in [3.8, 4) is 0 Å². The predicted molar refractivity (Wildman–Crippen MR) is 78.8 cm³/mol. The zero-order valence-corrected chi connectivity index (χ0v) is 12.2. The van der Waals surface area contributed by atoms with Crippen molar-refractivity contribution < 1.29 is 9.53 Å². The zero-order chi connectivity index (χ0) is 13.7. The van der Waals surface area contributed by atoms with Crippen molar-refractivity contribution >= 4 is 34.6 Å². The van der Waals surface area contributed by atoms with Crippen molar-refractivity contribution in [1.29, 1.82) is 0 Å². The maximum atomic E-state index is 11.7. The molecule has 0 saturated carbocycles. The van der Waals surface area contributed by atoms with Gasteiger partial charge in [-0.2, -0.15) is 0 Å². The lowest BCUT2D eigenvalue weighted by molar-refractivity contribution is 0.131. The maximum absolute atomic E-state index is 11.7. The molecule has 0 atom stereocenters. The number of rotatable bonds is 3. The number of benzene rings is 1. The van der Waals surface area contributed by atoms with E-state index in [0.29, 0.717) is 19.7 Å². The fourth-order valence-electron chi connectivity index (χ4n) is 1.65. The summed E-state index contributed by atoms with van der Waals surface area (Å²) in [5, 5.41) is 1.45. The molecule has 1 aliphatic heterocycles. The first-order valence-corrected chi connectivity index (χ1v) is 7.43. The second-order valence-electron chi connectivity index (χ2n) is 3.93. The summed E-state index contributed by atoms with van der Waals surface area (Å²) in [5.74, 6) is 0.756. The Morgan fingerprint density at radius 1 is 1.47 bits per heavy atom. The lowest BCUT2D eigenvalue weighted by Crippen LogP contribution is -2.33.